The molecule has 1 aliphatic rings. The monoisotopic (exact) mass is 379 g/mol. The van der Waals surface area contributed by atoms with Crippen LogP contribution in [0.25, 0.3) is 0 Å². The van der Waals surface area contributed by atoms with Gasteiger partial charge in [0, 0.05) is 29.9 Å². The van der Waals surface area contributed by atoms with Crippen molar-refractivity contribution >= 4 is 11.6 Å². The molecule has 0 radical (unpaired) electrons. The fourth-order valence-electron chi connectivity index (χ4n) is 3.17. The van der Waals surface area contributed by atoms with E-state index in [2.05, 4.69) is 10.1 Å². The third-order valence-electron chi connectivity index (χ3n) is 4.57. The van der Waals surface area contributed by atoms with Crippen LogP contribution in [0.3, 0.4) is 0 Å². The predicted molar refractivity (Wildman–Crippen MR) is 98.8 cm³/mol. The molecule has 1 N–H and O–H groups in total. The summed E-state index contributed by atoms with van der Waals surface area (Å²) in [6, 6.07) is 12.0. The fourth-order valence-corrected chi connectivity index (χ4v) is 3.17. The summed E-state index contributed by atoms with van der Waals surface area (Å²) in [5.41, 5.74) is 1.65. The molecule has 0 aliphatic carbocycles. The van der Waals surface area contributed by atoms with Gasteiger partial charge in [0.2, 0.25) is 0 Å². The van der Waals surface area contributed by atoms with Crippen LogP contribution in [-0.4, -0.2) is 26.7 Å². The maximum atomic E-state index is 13.7. The van der Waals surface area contributed by atoms with E-state index in [4.69, 9.17) is 0 Å². The lowest BCUT2D eigenvalue weighted by atomic mass is 9.97. The van der Waals surface area contributed by atoms with Crippen LogP contribution in [0.1, 0.15) is 33.9 Å². The van der Waals surface area contributed by atoms with Crippen molar-refractivity contribution in [2.75, 3.05) is 0 Å². The van der Waals surface area contributed by atoms with Crippen molar-refractivity contribution in [3.05, 3.63) is 95.3 Å². The molecule has 2 heterocycles. The minimum absolute atomic E-state index is 0.129. The van der Waals surface area contributed by atoms with Crippen molar-refractivity contribution in [3.63, 3.8) is 0 Å². The Morgan fingerprint density at radius 3 is 2.39 bits per heavy atom. The highest BCUT2D eigenvalue weighted by Crippen LogP contribution is 2.35. The van der Waals surface area contributed by atoms with Crippen molar-refractivity contribution in [1.29, 1.82) is 0 Å². The molecule has 1 amide bonds. The average Bonchev–Trinajstić information content (AvgIpc) is 3.15. The quantitative estimate of drug-likeness (QED) is 0.746. The van der Waals surface area contributed by atoms with Crippen LogP contribution >= 0.6 is 0 Å². The van der Waals surface area contributed by atoms with Gasteiger partial charge in [0.15, 0.2) is 0 Å². The number of hydrogen-bond acceptors (Lipinski definition) is 4. The molecule has 0 saturated carbocycles. The molecule has 1 unspecified atom stereocenters. The number of nitrogens with zero attached hydrogens (tertiary/aromatic N) is 3. The number of phenols is 1. The molecule has 3 aromatic rings. The van der Waals surface area contributed by atoms with Crippen molar-refractivity contribution in [3.8, 4) is 5.75 Å². The molecule has 0 bridgehead atoms. The summed E-state index contributed by atoms with van der Waals surface area (Å²) < 4.78 is 27.0. The zero-order valence-corrected chi connectivity index (χ0v) is 14.6. The van der Waals surface area contributed by atoms with Gasteiger partial charge >= 0.3 is 0 Å². The van der Waals surface area contributed by atoms with E-state index >= 15 is 0 Å². The largest absolute Gasteiger partial charge is 0.507 e. The van der Waals surface area contributed by atoms with Crippen LogP contribution in [0.4, 0.5) is 8.78 Å². The van der Waals surface area contributed by atoms with E-state index in [0.29, 0.717) is 16.8 Å². The summed E-state index contributed by atoms with van der Waals surface area (Å²) in [6.07, 6.45) is 3.25. The number of carbonyl (C=O) groups excluding carboxylic acids is 1. The SMILES string of the molecule is O=C(c1ccncc1)N1N=C(c2cc(F)ccc2O)CC1c1ccc(F)cc1. The molecule has 1 aromatic heterocycles. The summed E-state index contributed by atoms with van der Waals surface area (Å²) in [7, 11) is 0. The average molecular weight is 379 g/mol. The molecule has 1 aliphatic heterocycles. The summed E-state index contributed by atoms with van der Waals surface area (Å²) in [4.78, 5) is 16.9. The minimum Gasteiger partial charge on any atom is -0.507 e. The number of benzene rings is 2. The standard InChI is InChI=1S/C21H15F2N3O2/c22-15-3-1-13(2-4-15)19-12-18(17-11-16(23)5-6-20(17)27)25-26(19)21(28)14-7-9-24-10-8-14/h1-11,19,27H,12H2. The molecule has 5 nitrogen and oxygen atoms in total. The zero-order valence-electron chi connectivity index (χ0n) is 14.6. The Balaban J connectivity index is 1.77. The third-order valence-corrected chi connectivity index (χ3v) is 4.57. The molecule has 0 spiro atoms. The summed E-state index contributed by atoms with van der Waals surface area (Å²) in [5.74, 6) is -1.41. The number of hydrogen-bond donors (Lipinski definition) is 1. The molecule has 7 heteroatoms. The number of carbonyl (C=O) groups is 1. The van der Waals surface area contributed by atoms with Gasteiger partial charge < -0.3 is 5.11 Å². The first-order valence-electron chi connectivity index (χ1n) is 8.58. The molecular weight excluding hydrogens is 364 g/mol. The predicted octanol–water partition coefficient (Wildman–Crippen LogP) is 4.06. The van der Waals surface area contributed by atoms with E-state index < -0.39 is 17.7 Å². The smallest absolute Gasteiger partial charge is 0.274 e. The van der Waals surface area contributed by atoms with Crippen molar-refractivity contribution < 1.29 is 18.7 Å². The first-order valence-corrected chi connectivity index (χ1v) is 8.58. The van der Waals surface area contributed by atoms with Gasteiger partial charge in [0.25, 0.3) is 5.91 Å². The second-order valence-electron chi connectivity index (χ2n) is 6.37. The highest BCUT2D eigenvalue weighted by Gasteiger charge is 2.34. The number of rotatable bonds is 3. The number of aromatic hydroxyl groups is 1. The van der Waals surface area contributed by atoms with Crippen LogP contribution in [0.2, 0.25) is 0 Å². The topological polar surface area (TPSA) is 65.8 Å². The van der Waals surface area contributed by atoms with Gasteiger partial charge in [-0.05, 0) is 48.0 Å². The van der Waals surface area contributed by atoms with Gasteiger partial charge in [0.05, 0.1) is 11.8 Å². The second kappa shape index (κ2) is 7.19. The van der Waals surface area contributed by atoms with E-state index in [-0.39, 0.29) is 23.6 Å². The molecule has 140 valence electrons. The lowest BCUT2D eigenvalue weighted by Gasteiger charge is -2.22. The van der Waals surface area contributed by atoms with Gasteiger partial charge in [-0.2, -0.15) is 5.10 Å². The van der Waals surface area contributed by atoms with Gasteiger partial charge in [0.1, 0.15) is 17.4 Å². The number of phenolic OH excluding ortho intramolecular Hbond substituents is 1. The van der Waals surface area contributed by atoms with Crippen molar-refractivity contribution in [2.24, 2.45) is 5.10 Å². The van der Waals surface area contributed by atoms with E-state index in [1.54, 1.807) is 24.3 Å². The lowest BCUT2D eigenvalue weighted by Crippen LogP contribution is -2.27. The summed E-state index contributed by atoms with van der Waals surface area (Å²) >= 11 is 0. The number of amides is 1. The minimum atomic E-state index is -0.521. The molecule has 28 heavy (non-hydrogen) atoms. The van der Waals surface area contributed by atoms with Crippen molar-refractivity contribution in [2.45, 2.75) is 12.5 Å². The Kier molecular flexibility index (Phi) is 4.57. The molecule has 1 atom stereocenters. The lowest BCUT2D eigenvalue weighted by molar-refractivity contribution is 0.0711. The summed E-state index contributed by atoms with van der Waals surface area (Å²) in [6.45, 7) is 0. The van der Waals surface area contributed by atoms with Gasteiger partial charge in [-0.15, -0.1) is 0 Å². The molecule has 4 rings (SSSR count). The summed E-state index contributed by atoms with van der Waals surface area (Å²) in [5, 5.41) is 15.8. The first-order chi connectivity index (χ1) is 13.5. The van der Waals surface area contributed by atoms with Crippen LogP contribution in [0.5, 0.6) is 5.75 Å². The Morgan fingerprint density at radius 2 is 1.68 bits per heavy atom. The molecule has 0 fully saturated rings. The van der Waals surface area contributed by atoms with Crippen molar-refractivity contribution in [1.82, 2.24) is 9.99 Å². The maximum absolute atomic E-state index is 13.7. The highest BCUT2D eigenvalue weighted by molar-refractivity contribution is 6.06. The van der Waals surface area contributed by atoms with Gasteiger partial charge in [-0.3, -0.25) is 9.78 Å². The van der Waals surface area contributed by atoms with Gasteiger partial charge in [-0.25, -0.2) is 13.8 Å². The number of hydrazone groups is 1. The molecular formula is C21H15F2N3O2. The molecule has 2 aromatic carbocycles. The molecule has 0 saturated heterocycles. The number of halogens is 2. The van der Waals surface area contributed by atoms with Crippen LogP contribution in [0.15, 0.2) is 72.1 Å². The van der Waals surface area contributed by atoms with Crippen LogP contribution in [-0.2, 0) is 0 Å². The van der Waals surface area contributed by atoms with Crippen LogP contribution in [0, 0.1) is 11.6 Å². The van der Waals surface area contributed by atoms with Crippen LogP contribution < -0.4 is 0 Å². The Bertz CT molecular complexity index is 1050. The number of aromatic nitrogens is 1. The zero-order chi connectivity index (χ0) is 19.7. The Morgan fingerprint density at radius 1 is 1.00 bits per heavy atom. The highest BCUT2D eigenvalue weighted by atomic mass is 19.1. The maximum Gasteiger partial charge on any atom is 0.274 e. The first kappa shape index (κ1) is 17.8. The van der Waals surface area contributed by atoms with E-state index in [1.807, 2.05) is 0 Å². The Hall–Kier alpha value is -3.61. The second-order valence-corrected chi connectivity index (χ2v) is 6.37. The van der Waals surface area contributed by atoms with E-state index in [9.17, 15) is 18.7 Å². The van der Waals surface area contributed by atoms with E-state index in [1.165, 1.54) is 41.7 Å². The third kappa shape index (κ3) is 3.34. The van der Waals surface area contributed by atoms with Gasteiger partial charge in [-0.1, -0.05) is 12.1 Å². The number of pyridine rings is 1. The normalized spacial score (nSPS) is 16.1. The fraction of sp³-hybridized carbons (Fsp3) is 0.0952. The van der Waals surface area contributed by atoms with E-state index in [0.717, 1.165) is 6.07 Å². The Labute approximate surface area is 159 Å².